The van der Waals surface area contributed by atoms with E-state index >= 15 is 0 Å². The molecule has 0 aromatic carbocycles. The summed E-state index contributed by atoms with van der Waals surface area (Å²) < 4.78 is 6.08. The third kappa shape index (κ3) is 1.16. The van der Waals surface area contributed by atoms with Crippen molar-refractivity contribution in [2.75, 3.05) is 0 Å². The first-order valence-corrected chi connectivity index (χ1v) is 10.4. The quantitative estimate of drug-likeness (QED) is 0.696. The molecule has 0 aliphatic heterocycles. The van der Waals surface area contributed by atoms with Crippen LogP contribution < -0.4 is 0 Å². The zero-order valence-corrected chi connectivity index (χ0v) is 14.3. The average Bonchev–Trinajstić information content (AvgIpc) is 3.27. The van der Waals surface area contributed by atoms with E-state index in [4.69, 9.17) is 4.74 Å². The van der Waals surface area contributed by atoms with Gasteiger partial charge in [0.25, 0.3) is 0 Å². The van der Waals surface area contributed by atoms with Gasteiger partial charge in [-0.05, 0) is 73.0 Å². The molecule has 0 radical (unpaired) electrons. The van der Waals surface area contributed by atoms with Crippen LogP contribution in [0.5, 0.6) is 0 Å². The lowest BCUT2D eigenvalue weighted by Crippen LogP contribution is -2.35. The summed E-state index contributed by atoms with van der Waals surface area (Å²) in [5.41, 5.74) is 0. The first-order valence-electron chi connectivity index (χ1n) is 10.4. The van der Waals surface area contributed by atoms with E-state index in [1.807, 2.05) is 0 Å². The van der Waals surface area contributed by atoms with Gasteiger partial charge >= 0.3 is 5.97 Å². The standard InChI is InChI=1S/C21H26O3/c1-7(22)24-21-14-9-4-2-3-8(9)13-17(14)18-15(21)10-5-6-11-12(10)16(18)19(13)20(11)23/h8-19,21H,2-6H2,1H3/t8-,9+,10+,11+,12+,13+,14+,15-,16-,17-,18+,19+,21+/m0/s1. The number of fused-ring (bicyclic) bond motifs is 5. The fourth-order valence-corrected chi connectivity index (χ4v) is 10.4. The Morgan fingerprint density at radius 2 is 1.54 bits per heavy atom. The molecule has 7 aliphatic carbocycles. The van der Waals surface area contributed by atoms with Crippen molar-refractivity contribution in [3.8, 4) is 0 Å². The maximum absolute atomic E-state index is 13.3. The van der Waals surface area contributed by atoms with Gasteiger partial charge in [-0.2, -0.15) is 0 Å². The molecule has 0 unspecified atom stereocenters. The van der Waals surface area contributed by atoms with Crippen LogP contribution in [0.1, 0.15) is 39.0 Å². The highest BCUT2D eigenvalue weighted by Crippen LogP contribution is 2.81. The SMILES string of the molecule is CC(=O)O[C@H]1[C@H]2[C@@H]3CC[C@H]4C(=O)[C@H]5[C@H]([C@@H]2[C@@H]2[C@H]1[C@@H]1CCC[C@@H]1[C@@H]52)[C@H]34. The van der Waals surface area contributed by atoms with Crippen LogP contribution in [-0.4, -0.2) is 17.9 Å². The molecule has 13 atom stereocenters. The predicted molar refractivity (Wildman–Crippen MR) is 85.5 cm³/mol. The van der Waals surface area contributed by atoms with Crippen molar-refractivity contribution in [2.45, 2.75) is 45.1 Å². The second-order valence-electron chi connectivity index (χ2n) is 10.1. The second kappa shape index (κ2) is 3.94. The highest BCUT2D eigenvalue weighted by Gasteiger charge is 2.81. The van der Waals surface area contributed by atoms with Crippen LogP contribution in [0.25, 0.3) is 0 Å². The molecule has 0 heterocycles. The van der Waals surface area contributed by atoms with E-state index in [1.54, 1.807) is 6.92 Å². The van der Waals surface area contributed by atoms with Crippen LogP contribution in [-0.2, 0) is 14.3 Å². The molecule has 7 aliphatic rings. The van der Waals surface area contributed by atoms with Crippen molar-refractivity contribution in [2.24, 2.45) is 71.0 Å². The average molecular weight is 326 g/mol. The van der Waals surface area contributed by atoms with Gasteiger partial charge in [0, 0.05) is 30.6 Å². The summed E-state index contributed by atoms with van der Waals surface area (Å²) in [6.07, 6.45) is 6.54. The third-order valence-corrected chi connectivity index (χ3v) is 10.1. The van der Waals surface area contributed by atoms with E-state index in [0.29, 0.717) is 53.1 Å². The summed E-state index contributed by atoms with van der Waals surface area (Å²) in [5, 5.41) is 0. The maximum atomic E-state index is 13.3. The lowest BCUT2D eigenvalue weighted by molar-refractivity contribution is -0.153. The number of carbonyl (C=O) groups is 2. The minimum absolute atomic E-state index is 0.0720. The molecule has 3 nitrogen and oxygen atoms in total. The molecule has 7 rings (SSSR count). The first-order chi connectivity index (χ1) is 11.7. The van der Waals surface area contributed by atoms with Crippen molar-refractivity contribution in [3.05, 3.63) is 0 Å². The van der Waals surface area contributed by atoms with Gasteiger partial charge in [0.05, 0.1) is 0 Å². The number of ketones is 1. The molecule has 7 fully saturated rings. The van der Waals surface area contributed by atoms with Gasteiger partial charge in [-0.3, -0.25) is 9.59 Å². The summed E-state index contributed by atoms with van der Waals surface area (Å²) in [5.74, 6) is 8.28. The molecule has 0 amide bonds. The molecule has 0 N–H and O–H groups in total. The molecule has 128 valence electrons. The van der Waals surface area contributed by atoms with Crippen molar-refractivity contribution in [1.29, 1.82) is 0 Å². The summed E-state index contributed by atoms with van der Waals surface area (Å²) >= 11 is 0. The van der Waals surface area contributed by atoms with Gasteiger partial charge in [-0.1, -0.05) is 6.42 Å². The Balaban J connectivity index is 1.43. The van der Waals surface area contributed by atoms with Crippen molar-refractivity contribution in [3.63, 3.8) is 0 Å². The van der Waals surface area contributed by atoms with E-state index in [0.717, 1.165) is 30.1 Å². The zero-order chi connectivity index (χ0) is 15.9. The summed E-state index contributed by atoms with van der Waals surface area (Å²) in [6.45, 7) is 1.60. The van der Waals surface area contributed by atoms with Gasteiger partial charge in [0.1, 0.15) is 11.9 Å². The molecule has 0 aromatic rings. The number of rotatable bonds is 1. The van der Waals surface area contributed by atoms with E-state index in [2.05, 4.69) is 0 Å². The van der Waals surface area contributed by atoms with Gasteiger partial charge in [0.2, 0.25) is 0 Å². The number of Topliss-reactive ketones (excluding diaryl/α,β-unsaturated/α-hetero) is 1. The largest absolute Gasteiger partial charge is 0.462 e. The molecule has 3 heteroatoms. The third-order valence-electron chi connectivity index (χ3n) is 10.1. The van der Waals surface area contributed by atoms with Gasteiger partial charge in [-0.25, -0.2) is 0 Å². The van der Waals surface area contributed by atoms with E-state index in [-0.39, 0.29) is 12.1 Å². The summed E-state index contributed by atoms with van der Waals surface area (Å²) in [6, 6.07) is 0. The van der Waals surface area contributed by atoms with Gasteiger partial charge in [0.15, 0.2) is 0 Å². The monoisotopic (exact) mass is 326 g/mol. The van der Waals surface area contributed by atoms with Crippen molar-refractivity contribution < 1.29 is 14.3 Å². The van der Waals surface area contributed by atoms with Gasteiger partial charge in [-0.15, -0.1) is 0 Å². The Bertz CT molecular complexity index is 660. The van der Waals surface area contributed by atoms with Crippen molar-refractivity contribution >= 4 is 11.8 Å². The van der Waals surface area contributed by atoms with Crippen LogP contribution in [0, 0.1) is 71.0 Å². The molecule has 0 saturated heterocycles. The van der Waals surface area contributed by atoms with Crippen LogP contribution >= 0.6 is 0 Å². The number of hydrogen-bond acceptors (Lipinski definition) is 3. The Morgan fingerprint density at radius 3 is 2.33 bits per heavy atom. The van der Waals surface area contributed by atoms with E-state index in [9.17, 15) is 9.59 Å². The fourth-order valence-electron chi connectivity index (χ4n) is 10.4. The number of carbonyl (C=O) groups excluding carboxylic acids is 2. The predicted octanol–water partition coefficient (Wildman–Crippen LogP) is 2.93. The Hall–Kier alpha value is -0.860. The first kappa shape index (κ1) is 13.4. The number of ether oxygens (including phenoxy) is 1. The fraction of sp³-hybridized carbons (Fsp3) is 0.905. The molecular weight excluding hydrogens is 300 g/mol. The molecule has 7 saturated carbocycles. The molecule has 0 aromatic heterocycles. The lowest BCUT2D eigenvalue weighted by atomic mass is 9.77. The Kier molecular flexibility index (Phi) is 2.19. The summed E-state index contributed by atoms with van der Waals surface area (Å²) in [4.78, 5) is 25.2. The smallest absolute Gasteiger partial charge is 0.302 e. The molecule has 0 spiro atoms. The highest BCUT2D eigenvalue weighted by molar-refractivity contribution is 5.88. The van der Waals surface area contributed by atoms with E-state index < -0.39 is 0 Å². The maximum Gasteiger partial charge on any atom is 0.302 e. The zero-order valence-electron chi connectivity index (χ0n) is 14.3. The topological polar surface area (TPSA) is 43.4 Å². The van der Waals surface area contributed by atoms with Crippen LogP contribution in [0.4, 0.5) is 0 Å². The van der Waals surface area contributed by atoms with Crippen LogP contribution in [0.15, 0.2) is 0 Å². The van der Waals surface area contributed by atoms with E-state index in [1.165, 1.54) is 25.7 Å². The van der Waals surface area contributed by atoms with Crippen molar-refractivity contribution in [1.82, 2.24) is 0 Å². The number of esters is 1. The van der Waals surface area contributed by atoms with Gasteiger partial charge < -0.3 is 4.74 Å². The molecular formula is C21H26O3. The van der Waals surface area contributed by atoms with Crippen LogP contribution in [0.3, 0.4) is 0 Å². The van der Waals surface area contributed by atoms with Crippen LogP contribution in [0.2, 0.25) is 0 Å². The molecule has 0 bridgehead atoms. The Morgan fingerprint density at radius 1 is 0.833 bits per heavy atom. The second-order valence-corrected chi connectivity index (χ2v) is 10.1. The normalized spacial score (nSPS) is 66.4. The lowest BCUT2D eigenvalue weighted by Gasteiger charge is -2.31. The highest BCUT2D eigenvalue weighted by atomic mass is 16.5. The molecule has 24 heavy (non-hydrogen) atoms. The number of hydrogen-bond donors (Lipinski definition) is 0. The minimum Gasteiger partial charge on any atom is -0.462 e. The summed E-state index contributed by atoms with van der Waals surface area (Å²) in [7, 11) is 0. The minimum atomic E-state index is -0.0720. The Labute approximate surface area is 142 Å².